The van der Waals surface area contributed by atoms with Crippen molar-refractivity contribution in [2.45, 2.75) is 141 Å². The molecule has 4 N–H and O–H groups in total. The summed E-state index contributed by atoms with van der Waals surface area (Å²) in [6, 6.07) is 0. The van der Waals surface area contributed by atoms with E-state index < -0.39 is 57.9 Å². The first-order valence-electron chi connectivity index (χ1n) is 20.3. The lowest BCUT2D eigenvalue weighted by atomic mass is 10.1. The minimum atomic E-state index is -4.66. The highest BCUT2D eigenvalue weighted by Crippen LogP contribution is 2.43. The average Bonchev–Trinajstić information content (AvgIpc) is 3.18. The van der Waals surface area contributed by atoms with Crippen LogP contribution in [0.25, 0.3) is 0 Å². The van der Waals surface area contributed by atoms with Crippen LogP contribution in [0.3, 0.4) is 0 Å². The molecule has 0 radical (unpaired) electrons. The van der Waals surface area contributed by atoms with Gasteiger partial charge in [-0.25, -0.2) is 4.57 Å². The Morgan fingerprint density at radius 1 is 0.625 bits per heavy atom. The molecule has 0 aliphatic heterocycles. The number of esters is 2. The summed E-state index contributed by atoms with van der Waals surface area (Å²) in [6.07, 6.45) is 43.0. The quantitative estimate of drug-likeness (QED) is 0.0156. The van der Waals surface area contributed by atoms with Crippen molar-refractivity contribution in [2.75, 3.05) is 26.4 Å². The third-order valence-corrected chi connectivity index (χ3v) is 8.75. The lowest BCUT2D eigenvalue weighted by molar-refractivity contribution is -0.161. The number of hydrogen-bond acceptors (Lipinski definition) is 10. The van der Waals surface area contributed by atoms with Crippen molar-refractivity contribution in [3.8, 4) is 0 Å². The van der Waals surface area contributed by atoms with Gasteiger partial charge in [-0.2, -0.15) is 0 Å². The van der Waals surface area contributed by atoms with Gasteiger partial charge in [0.05, 0.1) is 25.9 Å². The van der Waals surface area contributed by atoms with Crippen molar-refractivity contribution in [3.05, 3.63) is 97.2 Å². The van der Waals surface area contributed by atoms with Crippen LogP contribution >= 0.6 is 7.82 Å². The van der Waals surface area contributed by atoms with Gasteiger partial charge in [0, 0.05) is 12.8 Å². The Kier molecular flexibility index (Phi) is 36.5. The van der Waals surface area contributed by atoms with Crippen molar-refractivity contribution >= 4 is 19.8 Å². The second-order valence-electron chi connectivity index (χ2n) is 13.1. The van der Waals surface area contributed by atoms with Crippen molar-refractivity contribution in [1.82, 2.24) is 0 Å². The summed E-state index contributed by atoms with van der Waals surface area (Å²) >= 11 is 0. The van der Waals surface area contributed by atoms with Gasteiger partial charge in [-0.15, -0.1) is 0 Å². The van der Waals surface area contributed by atoms with E-state index in [1.54, 1.807) is 6.08 Å². The molecule has 0 saturated heterocycles. The Bertz CT molecular complexity index is 1270. The molecule has 4 atom stereocenters. The maximum atomic E-state index is 12.6. The Balaban J connectivity index is 4.56. The van der Waals surface area contributed by atoms with Gasteiger partial charge in [-0.1, -0.05) is 124 Å². The molecule has 318 valence electrons. The first-order chi connectivity index (χ1) is 27.1. The number of aliphatic hydroxyl groups is 3. The monoisotopic (exact) mass is 806 g/mol. The van der Waals surface area contributed by atoms with E-state index >= 15 is 0 Å². The van der Waals surface area contributed by atoms with Gasteiger partial charge in [0.25, 0.3) is 0 Å². The molecule has 0 rings (SSSR count). The normalized spacial score (nSPS) is 15.5. The molecule has 0 fully saturated rings. The fraction of sp³-hybridized carbons (Fsp3) is 0.591. The van der Waals surface area contributed by atoms with Crippen molar-refractivity contribution in [1.29, 1.82) is 0 Å². The first-order valence-corrected chi connectivity index (χ1v) is 21.8. The maximum absolute atomic E-state index is 12.6. The van der Waals surface area contributed by atoms with E-state index in [0.29, 0.717) is 25.7 Å². The molecule has 0 aromatic heterocycles. The van der Waals surface area contributed by atoms with E-state index in [0.717, 1.165) is 51.4 Å². The standard InChI is InChI=1S/C44H71O11P/c1-3-5-7-8-9-10-11-12-13-14-18-21-24-27-30-34-43(48)52-38-42(39-54-56(50,51)53-37-41(47)36-45)55-44(49)35-31-28-25-22-19-16-15-17-20-23-26-29-33-40(46)32-6-4-2/h6,9-10,12-13,15-16,18,20-23,25-26,29,32,40-42,45-47H,3-5,7-8,11,14,17,19,24,27-28,30-31,33-39H2,1-2H3,(H,50,51)/b10-9-,13-12-,16-15-,21-18-,23-20-,25-22-,29-26+,32-6-/t40?,41-,42+/m0/s1. The van der Waals surface area contributed by atoms with Crippen LogP contribution in [0.5, 0.6) is 0 Å². The number of allylic oxidation sites excluding steroid dienone is 14. The Morgan fingerprint density at radius 3 is 1.77 bits per heavy atom. The summed E-state index contributed by atoms with van der Waals surface area (Å²) < 4.78 is 32.5. The van der Waals surface area contributed by atoms with Crippen LogP contribution in [0.2, 0.25) is 0 Å². The molecule has 0 saturated carbocycles. The van der Waals surface area contributed by atoms with Crippen LogP contribution in [0.15, 0.2) is 97.2 Å². The lowest BCUT2D eigenvalue weighted by Gasteiger charge is -2.20. The highest BCUT2D eigenvalue weighted by atomic mass is 31.2. The lowest BCUT2D eigenvalue weighted by Crippen LogP contribution is -2.29. The van der Waals surface area contributed by atoms with Crippen LogP contribution in [0.1, 0.15) is 123 Å². The van der Waals surface area contributed by atoms with E-state index in [1.165, 1.54) is 19.3 Å². The number of phosphoric acid groups is 1. The molecule has 12 heteroatoms. The molecular weight excluding hydrogens is 735 g/mol. The molecule has 0 aliphatic rings. The minimum absolute atomic E-state index is 0.0737. The fourth-order valence-corrected chi connectivity index (χ4v) is 5.43. The van der Waals surface area contributed by atoms with E-state index in [9.17, 15) is 29.3 Å². The number of phosphoric ester groups is 1. The number of rotatable bonds is 36. The van der Waals surface area contributed by atoms with Gasteiger partial charge in [-0.05, 0) is 83.5 Å². The molecule has 0 amide bonds. The summed E-state index contributed by atoms with van der Waals surface area (Å²) in [6.45, 7) is 1.95. The Morgan fingerprint density at radius 2 is 1.16 bits per heavy atom. The number of carbonyl (C=O) groups excluding carboxylic acids is 2. The molecule has 0 aromatic rings. The number of unbranched alkanes of at least 4 members (excludes halogenated alkanes) is 6. The summed E-state index contributed by atoms with van der Waals surface area (Å²) in [5, 5.41) is 28.1. The summed E-state index contributed by atoms with van der Waals surface area (Å²) in [7, 11) is -4.66. The van der Waals surface area contributed by atoms with Crippen molar-refractivity contribution in [2.24, 2.45) is 0 Å². The van der Waals surface area contributed by atoms with Crippen molar-refractivity contribution < 1.29 is 52.9 Å². The van der Waals surface area contributed by atoms with Gasteiger partial charge in [0.2, 0.25) is 0 Å². The second kappa shape index (κ2) is 38.7. The summed E-state index contributed by atoms with van der Waals surface area (Å²) in [5.41, 5.74) is 0. The maximum Gasteiger partial charge on any atom is 0.472 e. The minimum Gasteiger partial charge on any atom is -0.462 e. The predicted molar refractivity (Wildman–Crippen MR) is 225 cm³/mol. The predicted octanol–water partition coefficient (Wildman–Crippen LogP) is 9.41. The summed E-state index contributed by atoms with van der Waals surface area (Å²) in [5.74, 6) is -1.07. The molecule has 11 nitrogen and oxygen atoms in total. The van der Waals surface area contributed by atoms with Crippen LogP contribution in [-0.4, -0.2) is 76.9 Å². The molecule has 0 heterocycles. The molecule has 2 unspecified atom stereocenters. The van der Waals surface area contributed by atoms with Gasteiger partial charge < -0.3 is 29.7 Å². The number of aliphatic hydroxyl groups excluding tert-OH is 3. The molecule has 56 heavy (non-hydrogen) atoms. The van der Waals surface area contributed by atoms with E-state index in [4.69, 9.17) is 19.1 Å². The zero-order valence-electron chi connectivity index (χ0n) is 33.9. The molecule has 0 aliphatic carbocycles. The largest absolute Gasteiger partial charge is 0.472 e. The zero-order valence-corrected chi connectivity index (χ0v) is 34.8. The number of ether oxygens (including phenoxy) is 2. The highest BCUT2D eigenvalue weighted by Gasteiger charge is 2.27. The Hall–Kier alpha value is -3.15. The third kappa shape index (κ3) is 37.8. The second-order valence-corrected chi connectivity index (χ2v) is 14.6. The van der Waals surface area contributed by atoms with E-state index in [-0.39, 0.29) is 19.4 Å². The third-order valence-electron chi connectivity index (χ3n) is 7.80. The number of carbonyl (C=O) groups is 2. The molecule has 0 aromatic carbocycles. The first kappa shape index (κ1) is 52.9. The van der Waals surface area contributed by atoms with Gasteiger partial charge in [0.1, 0.15) is 12.7 Å². The van der Waals surface area contributed by atoms with Crippen LogP contribution in [0.4, 0.5) is 0 Å². The van der Waals surface area contributed by atoms with Crippen LogP contribution < -0.4 is 0 Å². The fourth-order valence-electron chi connectivity index (χ4n) is 4.64. The smallest absolute Gasteiger partial charge is 0.462 e. The summed E-state index contributed by atoms with van der Waals surface area (Å²) in [4.78, 5) is 34.9. The highest BCUT2D eigenvalue weighted by molar-refractivity contribution is 7.47. The average molecular weight is 807 g/mol. The van der Waals surface area contributed by atoms with Gasteiger partial charge >= 0.3 is 19.8 Å². The van der Waals surface area contributed by atoms with E-state index in [2.05, 4.69) is 54.0 Å². The zero-order chi connectivity index (χ0) is 41.4. The van der Waals surface area contributed by atoms with Gasteiger partial charge in [0.15, 0.2) is 6.10 Å². The topological polar surface area (TPSA) is 169 Å². The Labute approximate surface area is 336 Å². The molecular formula is C44H71O11P. The van der Waals surface area contributed by atoms with Crippen molar-refractivity contribution in [3.63, 3.8) is 0 Å². The van der Waals surface area contributed by atoms with Crippen LogP contribution in [-0.2, 0) is 32.7 Å². The molecule has 0 bridgehead atoms. The SMILES string of the molecule is CC/C=C\C(O)C/C=C/C=C\C/C=C\C/C=C\CCCC(=O)O[C@H](COC(=O)CCCC/C=C\C/C=C\C/C=C\CCCCC)COP(=O)(O)OC[C@@H](O)CO. The number of hydrogen-bond donors (Lipinski definition) is 4. The van der Waals surface area contributed by atoms with Crippen LogP contribution in [0, 0.1) is 0 Å². The molecule has 0 spiro atoms. The van der Waals surface area contributed by atoms with Gasteiger partial charge in [-0.3, -0.25) is 18.6 Å². The van der Waals surface area contributed by atoms with E-state index in [1.807, 2.05) is 55.5 Å².